The Labute approximate surface area is 107 Å². The van der Waals surface area contributed by atoms with Crippen LogP contribution >= 0.6 is 0 Å². The molecular weight excluding hydrogens is 240 g/mol. The van der Waals surface area contributed by atoms with Crippen molar-refractivity contribution in [2.24, 2.45) is 0 Å². The second-order valence-electron chi connectivity index (χ2n) is 4.28. The molecule has 5 heteroatoms. The van der Waals surface area contributed by atoms with Crippen molar-refractivity contribution in [2.75, 3.05) is 0 Å². The Balaban J connectivity index is 2.37. The molecular formula is C14H8N4O. The van der Waals surface area contributed by atoms with Gasteiger partial charge in [0.05, 0.1) is 0 Å². The van der Waals surface area contributed by atoms with Crippen molar-refractivity contribution in [1.29, 1.82) is 0 Å². The molecule has 3 heterocycles. The largest absolute Gasteiger partial charge is 0.296 e. The van der Waals surface area contributed by atoms with Crippen LogP contribution in [0.25, 0.3) is 27.2 Å². The molecule has 1 aromatic carbocycles. The molecule has 0 N–H and O–H groups in total. The number of hydrogen-bond donors (Lipinski definition) is 0. The summed E-state index contributed by atoms with van der Waals surface area (Å²) in [5.74, 6) is 0. The molecule has 0 bridgehead atoms. The van der Waals surface area contributed by atoms with Crippen LogP contribution in [-0.2, 0) is 0 Å². The zero-order valence-electron chi connectivity index (χ0n) is 9.82. The molecule has 5 nitrogen and oxygen atoms in total. The van der Waals surface area contributed by atoms with Crippen LogP contribution in [0, 0.1) is 0 Å². The van der Waals surface area contributed by atoms with Crippen molar-refractivity contribution in [3.8, 4) is 0 Å². The summed E-state index contributed by atoms with van der Waals surface area (Å²) in [6.07, 6.45) is 6.72. The molecule has 4 rings (SSSR count). The average molecular weight is 248 g/mol. The molecule has 0 amide bonds. The Bertz CT molecular complexity index is 991. The lowest BCUT2D eigenvalue weighted by Crippen LogP contribution is -2.03. The van der Waals surface area contributed by atoms with Crippen LogP contribution < -0.4 is 5.56 Å². The summed E-state index contributed by atoms with van der Waals surface area (Å²) in [6.45, 7) is 0. The lowest BCUT2D eigenvalue weighted by molar-refractivity contribution is 0.985. The van der Waals surface area contributed by atoms with E-state index in [4.69, 9.17) is 0 Å². The fourth-order valence-corrected chi connectivity index (χ4v) is 2.35. The highest BCUT2D eigenvalue weighted by molar-refractivity contribution is 6.10. The molecule has 0 radical (unpaired) electrons. The van der Waals surface area contributed by atoms with Gasteiger partial charge in [0.15, 0.2) is 0 Å². The zero-order chi connectivity index (χ0) is 12.8. The van der Waals surface area contributed by atoms with Gasteiger partial charge in [-0.1, -0.05) is 6.07 Å². The van der Waals surface area contributed by atoms with E-state index in [0.717, 1.165) is 21.7 Å². The summed E-state index contributed by atoms with van der Waals surface area (Å²) in [6, 6.07) is 7.44. The van der Waals surface area contributed by atoms with Gasteiger partial charge < -0.3 is 0 Å². The van der Waals surface area contributed by atoms with E-state index >= 15 is 0 Å². The van der Waals surface area contributed by atoms with Crippen molar-refractivity contribution in [2.45, 2.75) is 0 Å². The van der Waals surface area contributed by atoms with Crippen LogP contribution in [0.4, 0.5) is 0 Å². The van der Waals surface area contributed by atoms with Gasteiger partial charge in [-0.15, -0.1) is 0 Å². The Morgan fingerprint density at radius 2 is 2.00 bits per heavy atom. The minimum atomic E-state index is -0.277. The molecule has 90 valence electrons. The predicted octanol–water partition coefficient (Wildman–Crippen LogP) is 1.79. The van der Waals surface area contributed by atoms with Gasteiger partial charge in [-0.3, -0.25) is 9.78 Å². The van der Waals surface area contributed by atoms with Crippen molar-refractivity contribution >= 4 is 27.2 Å². The average Bonchev–Trinajstić information content (AvgIpc) is 2.72. The van der Waals surface area contributed by atoms with Gasteiger partial charge in [0.1, 0.15) is 11.0 Å². The molecule has 19 heavy (non-hydrogen) atoms. The van der Waals surface area contributed by atoms with Gasteiger partial charge in [-0.05, 0) is 18.2 Å². The third kappa shape index (κ3) is 1.35. The van der Waals surface area contributed by atoms with Crippen molar-refractivity contribution in [3.05, 3.63) is 59.4 Å². The fourth-order valence-electron chi connectivity index (χ4n) is 2.35. The molecule has 0 aliphatic rings. The lowest BCUT2D eigenvalue weighted by atomic mass is 10.1. The van der Waals surface area contributed by atoms with E-state index in [9.17, 15) is 4.79 Å². The highest BCUT2D eigenvalue weighted by Crippen LogP contribution is 2.25. The number of nitrogens with zero attached hydrogens (tertiary/aromatic N) is 4. The summed E-state index contributed by atoms with van der Waals surface area (Å²) in [5, 5.41) is 7.29. The minimum absolute atomic E-state index is 0.277. The van der Waals surface area contributed by atoms with Gasteiger partial charge in [0, 0.05) is 40.9 Å². The number of hydrogen-bond acceptors (Lipinski definition) is 4. The summed E-state index contributed by atoms with van der Waals surface area (Å²) < 4.78 is 1.58. The summed E-state index contributed by atoms with van der Waals surface area (Å²) in [7, 11) is 0. The summed E-state index contributed by atoms with van der Waals surface area (Å²) >= 11 is 0. The first-order valence-corrected chi connectivity index (χ1v) is 5.85. The normalized spacial score (nSPS) is 11.4. The van der Waals surface area contributed by atoms with Gasteiger partial charge in [-0.2, -0.15) is 5.10 Å². The van der Waals surface area contributed by atoms with Gasteiger partial charge in [0.25, 0.3) is 5.56 Å². The second kappa shape index (κ2) is 3.58. The Morgan fingerprint density at radius 1 is 1.05 bits per heavy atom. The fraction of sp³-hybridized carbons (Fsp3) is 0. The SMILES string of the molecule is O=c1ncccn2nc3c4ccncc4ccc3c12. The molecule has 0 fully saturated rings. The lowest BCUT2D eigenvalue weighted by Gasteiger charge is -1.96. The third-order valence-electron chi connectivity index (χ3n) is 3.19. The standard InChI is InChI=1S/C14H8N4O/c19-14-13-11-3-2-9-8-15-6-4-10(9)12(11)17-18(13)7-1-5-16-14/h1-8H. The predicted molar refractivity (Wildman–Crippen MR) is 72.1 cm³/mol. The molecule has 0 aliphatic heterocycles. The molecule has 0 unspecified atom stereocenters. The molecule has 0 atom stereocenters. The zero-order valence-corrected chi connectivity index (χ0v) is 9.82. The van der Waals surface area contributed by atoms with E-state index in [-0.39, 0.29) is 5.56 Å². The van der Waals surface area contributed by atoms with E-state index < -0.39 is 0 Å². The van der Waals surface area contributed by atoms with Crippen molar-refractivity contribution in [3.63, 3.8) is 0 Å². The van der Waals surface area contributed by atoms with E-state index in [0.29, 0.717) is 5.52 Å². The number of rotatable bonds is 0. The number of aromatic nitrogens is 4. The number of fused-ring (bicyclic) bond motifs is 5. The maximum atomic E-state index is 12.0. The maximum absolute atomic E-state index is 12.0. The van der Waals surface area contributed by atoms with Crippen molar-refractivity contribution < 1.29 is 0 Å². The Kier molecular flexibility index (Phi) is 1.91. The van der Waals surface area contributed by atoms with Crippen LogP contribution in [-0.4, -0.2) is 19.6 Å². The Morgan fingerprint density at radius 3 is 2.95 bits per heavy atom. The second-order valence-corrected chi connectivity index (χ2v) is 4.28. The van der Waals surface area contributed by atoms with E-state index in [1.54, 1.807) is 29.2 Å². The highest BCUT2D eigenvalue weighted by Gasteiger charge is 2.10. The monoisotopic (exact) mass is 248 g/mol. The molecule has 0 saturated heterocycles. The topological polar surface area (TPSA) is 60.2 Å². The molecule has 0 aliphatic carbocycles. The Hall–Kier alpha value is -2.82. The summed E-state index contributed by atoms with van der Waals surface area (Å²) in [4.78, 5) is 19.9. The van der Waals surface area contributed by atoms with Crippen LogP contribution in [0.3, 0.4) is 0 Å². The number of pyridine rings is 1. The van der Waals surface area contributed by atoms with Gasteiger partial charge in [-0.25, -0.2) is 9.50 Å². The maximum Gasteiger partial charge on any atom is 0.296 e. The van der Waals surface area contributed by atoms with Crippen LogP contribution in [0.5, 0.6) is 0 Å². The molecule has 0 saturated carbocycles. The number of benzene rings is 1. The van der Waals surface area contributed by atoms with Crippen LogP contribution in [0.2, 0.25) is 0 Å². The first kappa shape index (κ1) is 10.1. The highest BCUT2D eigenvalue weighted by atomic mass is 16.1. The quantitative estimate of drug-likeness (QED) is 0.476. The van der Waals surface area contributed by atoms with Crippen LogP contribution in [0.15, 0.2) is 53.8 Å². The van der Waals surface area contributed by atoms with E-state index in [1.165, 1.54) is 6.20 Å². The van der Waals surface area contributed by atoms with E-state index in [2.05, 4.69) is 15.1 Å². The van der Waals surface area contributed by atoms with Gasteiger partial charge in [0.2, 0.25) is 0 Å². The summed E-state index contributed by atoms with van der Waals surface area (Å²) in [5.41, 5.74) is 1.02. The van der Waals surface area contributed by atoms with Crippen LogP contribution in [0.1, 0.15) is 0 Å². The minimum Gasteiger partial charge on any atom is -0.265 e. The first-order valence-electron chi connectivity index (χ1n) is 5.85. The third-order valence-corrected chi connectivity index (χ3v) is 3.19. The molecule has 3 aromatic heterocycles. The molecule has 0 spiro atoms. The smallest absolute Gasteiger partial charge is 0.265 e. The van der Waals surface area contributed by atoms with E-state index in [1.807, 2.05) is 18.2 Å². The first-order chi connectivity index (χ1) is 9.34. The van der Waals surface area contributed by atoms with Gasteiger partial charge >= 0.3 is 0 Å². The van der Waals surface area contributed by atoms with Crippen molar-refractivity contribution in [1.82, 2.24) is 19.6 Å². The molecule has 4 aromatic rings.